The SMILES string of the molecule is CCCn1c(=O)c(OCC(=O)NC)cc2cc(Nc3nc(N4CCC(F)(F)CC4)ncc3Cl)ccc21. The second-order valence-electron chi connectivity index (χ2n) is 8.54. The number of alkyl halides is 2. The number of benzene rings is 1. The van der Waals surface area contributed by atoms with Crippen molar-refractivity contribution in [1.82, 2.24) is 19.9 Å². The molecule has 12 heteroatoms. The number of pyridine rings is 1. The van der Waals surface area contributed by atoms with E-state index in [0.29, 0.717) is 34.9 Å². The average Bonchev–Trinajstić information content (AvgIpc) is 2.86. The number of anilines is 3. The van der Waals surface area contributed by atoms with E-state index in [1.807, 2.05) is 13.0 Å². The zero-order valence-corrected chi connectivity index (χ0v) is 20.7. The van der Waals surface area contributed by atoms with Gasteiger partial charge in [-0.1, -0.05) is 18.5 Å². The maximum Gasteiger partial charge on any atom is 0.293 e. The first kappa shape index (κ1) is 25.6. The Bertz CT molecular complexity index is 1320. The number of hydrogen-bond donors (Lipinski definition) is 2. The predicted octanol–water partition coefficient (Wildman–Crippen LogP) is 3.96. The van der Waals surface area contributed by atoms with E-state index in [4.69, 9.17) is 16.3 Å². The number of carbonyl (C=O) groups is 1. The van der Waals surface area contributed by atoms with E-state index < -0.39 is 5.92 Å². The van der Waals surface area contributed by atoms with Crippen LogP contribution in [0.5, 0.6) is 5.75 Å². The molecule has 3 heterocycles. The first-order valence-corrected chi connectivity index (χ1v) is 12.0. The Balaban J connectivity index is 1.64. The number of likely N-dealkylation sites (N-methyl/N-ethyl adjacent to an activating group) is 1. The normalized spacial score (nSPS) is 15.1. The Kier molecular flexibility index (Phi) is 7.58. The van der Waals surface area contributed by atoms with Gasteiger partial charge in [0.1, 0.15) is 5.02 Å². The Morgan fingerprint density at radius 3 is 2.69 bits per heavy atom. The lowest BCUT2D eigenvalue weighted by Gasteiger charge is -2.31. The van der Waals surface area contributed by atoms with Crippen LogP contribution in [0.3, 0.4) is 0 Å². The van der Waals surface area contributed by atoms with E-state index in [9.17, 15) is 18.4 Å². The van der Waals surface area contributed by atoms with E-state index in [1.54, 1.807) is 27.7 Å². The molecule has 0 bridgehead atoms. The highest BCUT2D eigenvalue weighted by atomic mass is 35.5. The highest BCUT2D eigenvalue weighted by molar-refractivity contribution is 6.32. The van der Waals surface area contributed by atoms with Gasteiger partial charge < -0.3 is 24.8 Å². The molecule has 0 radical (unpaired) electrons. The van der Waals surface area contributed by atoms with Crippen molar-refractivity contribution in [2.45, 2.75) is 38.7 Å². The zero-order valence-electron chi connectivity index (χ0n) is 20.0. The van der Waals surface area contributed by atoms with Gasteiger partial charge in [-0.2, -0.15) is 4.98 Å². The molecular weight excluding hydrogens is 494 g/mol. The lowest BCUT2D eigenvalue weighted by molar-refractivity contribution is -0.122. The zero-order chi connectivity index (χ0) is 25.9. The summed E-state index contributed by atoms with van der Waals surface area (Å²) in [6.45, 7) is 2.47. The van der Waals surface area contributed by atoms with E-state index in [-0.39, 0.29) is 54.8 Å². The van der Waals surface area contributed by atoms with Gasteiger partial charge in [0, 0.05) is 50.6 Å². The number of nitrogens with one attached hydrogen (secondary N) is 2. The summed E-state index contributed by atoms with van der Waals surface area (Å²) < 4.78 is 34.2. The maximum atomic E-state index is 13.5. The number of rotatable bonds is 8. The van der Waals surface area contributed by atoms with Gasteiger partial charge in [-0.05, 0) is 30.7 Å². The van der Waals surface area contributed by atoms with Crippen LogP contribution in [0, 0.1) is 0 Å². The molecule has 3 aromatic rings. The fourth-order valence-electron chi connectivity index (χ4n) is 3.97. The van der Waals surface area contributed by atoms with E-state index in [1.165, 1.54) is 13.2 Å². The first-order valence-electron chi connectivity index (χ1n) is 11.6. The van der Waals surface area contributed by atoms with Crippen LogP contribution in [0.4, 0.5) is 26.2 Å². The molecule has 1 aliphatic heterocycles. The third-order valence-corrected chi connectivity index (χ3v) is 6.19. The number of fused-ring (bicyclic) bond motifs is 1. The first-order chi connectivity index (χ1) is 17.2. The molecule has 2 N–H and O–H groups in total. The molecule has 0 unspecified atom stereocenters. The molecule has 0 spiro atoms. The standard InChI is InChI=1S/C24H27ClF2N6O3/c1-3-8-33-18-5-4-16(11-15(18)12-19(22(33)35)36-14-20(34)28-2)30-21-17(25)13-29-23(31-21)32-9-6-24(26,27)7-10-32/h4-5,11-13H,3,6-10,14H2,1-2H3,(H,28,34)(H,29,30,31). The Labute approximate surface area is 211 Å². The molecule has 1 amide bonds. The predicted molar refractivity (Wildman–Crippen MR) is 135 cm³/mol. The number of aromatic nitrogens is 3. The Hall–Kier alpha value is -3.47. The minimum Gasteiger partial charge on any atom is -0.478 e. The monoisotopic (exact) mass is 520 g/mol. The van der Waals surface area contributed by atoms with E-state index >= 15 is 0 Å². The van der Waals surface area contributed by atoms with Crippen molar-refractivity contribution in [2.75, 3.05) is 37.0 Å². The molecular formula is C24H27ClF2N6O3. The van der Waals surface area contributed by atoms with Crippen molar-refractivity contribution in [2.24, 2.45) is 0 Å². The summed E-state index contributed by atoms with van der Waals surface area (Å²) in [7, 11) is 1.49. The van der Waals surface area contributed by atoms with E-state index in [0.717, 1.165) is 6.42 Å². The van der Waals surface area contributed by atoms with Gasteiger partial charge in [-0.25, -0.2) is 13.8 Å². The Morgan fingerprint density at radius 2 is 2.00 bits per heavy atom. The van der Waals surface area contributed by atoms with Crippen molar-refractivity contribution in [3.8, 4) is 5.75 Å². The quantitative estimate of drug-likeness (QED) is 0.463. The largest absolute Gasteiger partial charge is 0.478 e. The third kappa shape index (κ3) is 5.67. The van der Waals surface area contributed by atoms with Gasteiger partial charge in [0.15, 0.2) is 18.2 Å². The molecule has 1 fully saturated rings. The van der Waals surface area contributed by atoms with Gasteiger partial charge in [-0.15, -0.1) is 0 Å². The van der Waals surface area contributed by atoms with Gasteiger partial charge in [0.25, 0.3) is 17.4 Å². The summed E-state index contributed by atoms with van der Waals surface area (Å²) in [6, 6.07) is 7.00. The summed E-state index contributed by atoms with van der Waals surface area (Å²) in [5.74, 6) is -2.30. The smallest absolute Gasteiger partial charge is 0.293 e. The van der Waals surface area contributed by atoms with Gasteiger partial charge in [0.05, 0.1) is 11.7 Å². The maximum absolute atomic E-state index is 13.5. The lowest BCUT2D eigenvalue weighted by Crippen LogP contribution is -2.40. The van der Waals surface area contributed by atoms with Crippen LogP contribution >= 0.6 is 11.6 Å². The van der Waals surface area contributed by atoms with Crippen LogP contribution in [0.2, 0.25) is 5.02 Å². The van der Waals surface area contributed by atoms with Crippen molar-refractivity contribution in [1.29, 1.82) is 0 Å². The summed E-state index contributed by atoms with van der Waals surface area (Å²) in [4.78, 5) is 34.9. The van der Waals surface area contributed by atoms with Crippen LogP contribution in [0.25, 0.3) is 10.9 Å². The molecule has 0 saturated carbocycles. The van der Waals surface area contributed by atoms with Gasteiger partial charge in [0.2, 0.25) is 5.95 Å². The van der Waals surface area contributed by atoms with Gasteiger partial charge >= 0.3 is 0 Å². The van der Waals surface area contributed by atoms with E-state index in [2.05, 4.69) is 20.6 Å². The topological polar surface area (TPSA) is 101 Å². The van der Waals surface area contributed by atoms with Crippen molar-refractivity contribution < 1.29 is 18.3 Å². The van der Waals surface area contributed by atoms with Gasteiger partial charge in [-0.3, -0.25) is 9.59 Å². The number of halogens is 3. The summed E-state index contributed by atoms with van der Waals surface area (Å²) in [6.07, 6.45) is 1.66. The number of ether oxygens (including phenoxy) is 1. The van der Waals surface area contributed by atoms with Crippen molar-refractivity contribution >= 4 is 45.9 Å². The molecule has 0 aliphatic carbocycles. The van der Waals surface area contributed by atoms with Crippen molar-refractivity contribution in [3.05, 3.63) is 45.8 Å². The Morgan fingerprint density at radius 1 is 1.25 bits per heavy atom. The lowest BCUT2D eigenvalue weighted by atomic mass is 10.1. The number of piperidine rings is 1. The van der Waals surface area contributed by atoms with Crippen LogP contribution in [-0.2, 0) is 11.3 Å². The van der Waals surface area contributed by atoms with Crippen LogP contribution < -0.4 is 25.8 Å². The minimum atomic E-state index is -2.67. The third-order valence-electron chi connectivity index (χ3n) is 5.92. The molecule has 0 atom stereocenters. The number of amides is 1. The van der Waals surface area contributed by atoms with Crippen LogP contribution in [-0.4, -0.2) is 53.1 Å². The summed E-state index contributed by atoms with van der Waals surface area (Å²) >= 11 is 6.32. The van der Waals surface area contributed by atoms with Crippen molar-refractivity contribution in [3.63, 3.8) is 0 Å². The second kappa shape index (κ2) is 10.7. The highest BCUT2D eigenvalue weighted by Gasteiger charge is 2.34. The molecule has 2 aromatic heterocycles. The molecule has 1 aliphatic rings. The fourth-order valence-corrected chi connectivity index (χ4v) is 4.11. The number of nitrogens with zero attached hydrogens (tertiary/aromatic N) is 4. The van der Waals surface area contributed by atoms with Crippen LogP contribution in [0.1, 0.15) is 26.2 Å². The number of carbonyl (C=O) groups excluding carboxylic acids is 1. The molecule has 1 aromatic carbocycles. The summed E-state index contributed by atoms with van der Waals surface area (Å²) in [5, 5.41) is 6.59. The minimum absolute atomic E-state index is 0.0703. The molecule has 1 saturated heterocycles. The second-order valence-corrected chi connectivity index (χ2v) is 8.94. The molecule has 4 rings (SSSR count). The van der Waals surface area contributed by atoms with Crippen LogP contribution in [0.15, 0.2) is 35.3 Å². The molecule has 36 heavy (non-hydrogen) atoms. The summed E-state index contributed by atoms with van der Waals surface area (Å²) in [5.41, 5.74) is 1.03. The molecule has 192 valence electrons. The number of aryl methyl sites for hydroxylation is 1. The molecule has 9 nitrogen and oxygen atoms in total. The fraction of sp³-hybridized carbons (Fsp3) is 0.417. The number of hydrogen-bond acceptors (Lipinski definition) is 7. The average molecular weight is 521 g/mol. The highest BCUT2D eigenvalue weighted by Crippen LogP contribution is 2.31.